The number of anilines is 1. The summed E-state index contributed by atoms with van der Waals surface area (Å²) in [7, 11) is -3.80. The first-order chi connectivity index (χ1) is 12.0. The standard InChI is InChI=1S/C17H15N3O3S2/c21-16-15-13(8-4-10-18-16)19-17(24-15)20-25(22,23)14-9-3-6-11-5-1-2-7-12(11)14/h1-3,5-7,9H,4,8,10H2,(H,18,21)(H,19,20). The molecule has 0 saturated heterocycles. The number of nitrogens with one attached hydrogen (secondary N) is 2. The van der Waals surface area contributed by atoms with Crippen LogP contribution < -0.4 is 10.0 Å². The molecule has 3 aromatic rings. The van der Waals surface area contributed by atoms with E-state index in [1.807, 2.05) is 18.2 Å². The summed E-state index contributed by atoms with van der Waals surface area (Å²) in [6, 6.07) is 12.4. The van der Waals surface area contributed by atoms with Crippen LogP contribution in [0.15, 0.2) is 47.4 Å². The van der Waals surface area contributed by atoms with E-state index in [0.717, 1.165) is 23.1 Å². The molecule has 0 aliphatic carbocycles. The highest BCUT2D eigenvalue weighted by atomic mass is 32.2. The van der Waals surface area contributed by atoms with Gasteiger partial charge in [0.1, 0.15) is 4.88 Å². The summed E-state index contributed by atoms with van der Waals surface area (Å²) in [5.74, 6) is -0.194. The van der Waals surface area contributed by atoms with Gasteiger partial charge >= 0.3 is 0 Å². The lowest BCUT2D eigenvalue weighted by Crippen LogP contribution is -2.21. The van der Waals surface area contributed by atoms with Gasteiger partial charge in [0.2, 0.25) is 0 Å². The van der Waals surface area contributed by atoms with Crippen molar-refractivity contribution in [2.75, 3.05) is 11.3 Å². The first-order valence-corrected chi connectivity index (χ1v) is 10.1. The molecule has 2 aromatic carbocycles. The van der Waals surface area contributed by atoms with E-state index in [2.05, 4.69) is 15.0 Å². The molecule has 2 N–H and O–H groups in total. The number of rotatable bonds is 3. The Balaban J connectivity index is 1.73. The highest BCUT2D eigenvalue weighted by Gasteiger charge is 2.24. The molecule has 25 heavy (non-hydrogen) atoms. The van der Waals surface area contributed by atoms with Gasteiger partial charge in [-0.15, -0.1) is 0 Å². The average Bonchev–Trinajstić information content (AvgIpc) is 2.92. The third-order valence-corrected chi connectivity index (χ3v) is 6.58. The molecule has 0 saturated carbocycles. The first-order valence-electron chi connectivity index (χ1n) is 7.83. The molecule has 4 rings (SSSR count). The zero-order chi connectivity index (χ0) is 17.4. The third-order valence-electron chi connectivity index (χ3n) is 4.04. The molecule has 1 aliphatic heterocycles. The van der Waals surface area contributed by atoms with E-state index in [4.69, 9.17) is 0 Å². The fourth-order valence-electron chi connectivity index (χ4n) is 2.88. The van der Waals surface area contributed by atoms with Crippen LogP contribution in [0, 0.1) is 0 Å². The molecule has 6 nitrogen and oxygen atoms in total. The number of hydrogen-bond acceptors (Lipinski definition) is 5. The van der Waals surface area contributed by atoms with Crippen molar-refractivity contribution in [2.45, 2.75) is 17.7 Å². The molecule has 128 valence electrons. The van der Waals surface area contributed by atoms with Crippen LogP contribution in [0.25, 0.3) is 10.8 Å². The largest absolute Gasteiger partial charge is 0.351 e. The van der Waals surface area contributed by atoms with Crippen LogP contribution in [0.2, 0.25) is 0 Å². The second-order valence-corrected chi connectivity index (χ2v) is 8.39. The molecule has 0 atom stereocenters. The SMILES string of the molecule is O=C1NCCCc2nc(NS(=O)(=O)c3cccc4ccccc34)sc21. The molecule has 0 bridgehead atoms. The van der Waals surface area contributed by atoms with Gasteiger partial charge in [-0.2, -0.15) is 0 Å². The van der Waals surface area contributed by atoms with Gasteiger partial charge in [0.25, 0.3) is 15.9 Å². The monoisotopic (exact) mass is 373 g/mol. The number of amides is 1. The van der Waals surface area contributed by atoms with E-state index in [9.17, 15) is 13.2 Å². The normalized spacial score (nSPS) is 14.6. The smallest absolute Gasteiger partial charge is 0.264 e. The summed E-state index contributed by atoms with van der Waals surface area (Å²) in [4.78, 5) is 17.0. The minimum atomic E-state index is -3.80. The lowest BCUT2D eigenvalue weighted by Gasteiger charge is -2.08. The predicted octanol–water partition coefficient (Wildman–Crippen LogP) is 2.77. The van der Waals surface area contributed by atoms with Gasteiger partial charge in [-0.25, -0.2) is 13.4 Å². The Hall–Kier alpha value is -2.45. The molecule has 0 spiro atoms. The number of aromatic nitrogens is 1. The van der Waals surface area contributed by atoms with Crippen molar-refractivity contribution in [2.24, 2.45) is 0 Å². The van der Waals surface area contributed by atoms with Crippen LogP contribution in [0.4, 0.5) is 5.13 Å². The maximum atomic E-state index is 12.8. The van der Waals surface area contributed by atoms with Crippen molar-refractivity contribution < 1.29 is 13.2 Å². The topological polar surface area (TPSA) is 88.2 Å². The van der Waals surface area contributed by atoms with E-state index in [1.54, 1.807) is 24.3 Å². The van der Waals surface area contributed by atoms with Gasteiger partial charge in [-0.3, -0.25) is 9.52 Å². The quantitative estimate of drug-likeness (QED) is 0.739. The van der Waals surface area contributed by atoms with Crippen molar-refractivity contribution >= 4 is 43.2 Å². The number of fused-ring (bicyclic) bond motifs is 2. The fraction of sp³-hybridized carbons (Fsp3) is 0.176. The molecule has 0 fully saturated rings. The van der Waals surface area contributed by atoms with Crippen molar-refractivity contribution in [1.29, 1.82) is 0 Å². The van der Waals surface area contributed by atoms with Crippen LogP contribution in [-0.2, 0) is 16.4 Å². The number of sulfonamides is 1. The molecule has 1 aromatic heterocycles. The molecule has 0 unspecified atom stereocenters. The molecule has 2 heterocycles. The summed E-state index contributed by atoms with van der Waals surface area (Å²) >= 11 is 1.07. The molecular formula is C17H15N3O3S2. The average molecular weight is 373 g/mol. The first kappa shape index (κ1) is 16.0. The van der Waals surface area contributed by atoms with Crippen molar-refractivity contribution in [3.05, 3.63) is 53.0 Å². The van der Waals surface area contributed by atoms with Crippen LogP contribution in [0.1, 0.15) is 21.8 Å². The Morgan fingerprint density at radius 1 is 1.12 bits per heavy atom. The fourth-order valence-corrected chi connectivity index (χ4v) is 5.27. The zero-order valence-electron chi connectivity index (χ0n) is 13.2. The van der Waals surface area contributed by atoms with Gasteiger partial charge in [0, 0.05) is 11.9 Å². The number of aryl methyl sites for hydroxylation is 1. The number of carbonyl (C=O) groups excluding carboxylic acids is 1. The van der Waals surface area contributed by atoms with Crippen LogP contribution in [-0.4, -0.2) is 25.9 Å². The second kappa shape index (κ2) is 6.12. The molecule has 1 aliphatic rings. The van der Waals surface area contributed by atoms with Crippen LogP contribution in [0.5, 0.6) is 0 Å². The Morgan fingerprint density at radius 2 is 1.92 bits per heavy atom. The van der Waals surface area contributed by atoms with Gasteiger partial charge in [0.15, 0.2) is 5.13 Å². The number of benzene rings is 2. The Labute approximate surface area is 149 Å². The van der Waals surface area contributed by atoms with E-state index < -0.39 is 10.0 Å². The van der Waals surface area contributed by atoms with Gasteiger partial charge in [0.05, 0.1) is 10.6 Å². The summed E-state index contributed by atoms with van der Waals surface area (Å²) in [5, 5.41) is 4.50. The summed E-state index contributed by atoms with van der Waals surface area (Å²) in [5.41, 5.74) is 0.649. The van der Waals surface area contributed by atoms with Crippen LogP contribution >= 0.6 is 11.3 Å². The number of carbonyl (C=O) groups is 1. The van der Waals surface area contributed by atoms with E-state index in [0.29, 0.717) is 28.9 Å². The third kappa shape index (κ3) is 2.98. The Kier molecular flexibility index (Phi) is 3.93. The minimum Gasteiger partial charge on any atom is -0.351 e. The van der Waals surface area contributed by atoms with E-state index in [-0.39, 0.29) is 15.9 Å². The van der Waals surface area contributed by atoms with Crippen molar-refractivity contribution in [3.8, 4) is 0 Å². The van der Waals surface area contributed by atoms with Crippen molar-refractivity contribution in [1.82, 2.24) is 10.3 Å². The van der Waals surface area contributed by atoms with E-state index in [1.165, 1.54) is 0 Å². The van der Waals surface area contributed by atoms with Gasteiger partial charge in [-0.1, -0.05) is 47.7 Å². The summed E-state index contributed by atoms with van der Waals surface area (Å²) < 4.78 is 28.2. The minimum absolute atomic E-state index is 0.194. The predicted molar refractivity (Wildman–Crippen MR) is 97.5 cm³/mol. The van der Waals surface area contributed by atoms with E-state index >= 15 is 0 Å². The van der Waals surface area contributed by atoms with Gasteiger partial charge < -0.3 is 5.32 Å². The highest BCUT2D eigenvalue weighted by Crippen LogP contribution is 2.29. The molecule has 0 radical (unpaired) electrons. The molecular weight excluding hydrogens is 358 g/mol. The number of hydrogen-bond donors (Lipinski definition) is 2. The zero-order valence-corrected chi connectivity index (χ0v) is 14.8. The second-order valence-electron chi connectivity index (χ2n) is 5.74. The molecule has 8 heteroatoms. The maximum absolute atomic E-state index is 12.8. The Morgan fingerprint density at radius 3 is 2.80 bits per heavy atom. The van der Waals surface area contributed by atoms with Crippen molar-refractivity contribution in [3.63, 3.8) is 0 Å². The number of nitrogens with zero attached hydrogens (tertiary/aromatic N) is 1. The molecule has 1 amide bonds. The number of thiazole rings is 1. The van der Waals surface area contributed by atoms with Gasteiger partial charge in [-0.05, 0) is 24.3 Å². The maximum Gasteiger partial charge on any atom is 0.264 e. The lowest BCUT2D eigenvalue weighted by molar-refractivity contribution is 0.0960. The summed E-state index contributed by atoms with van der Waals surface area (Å²) in [6.07, 6.45) is 1.44. The van der Waals surface area contributed by atoms with Crippen LogP contribution in [0.3, 0.4) is 0 Å². The Bertz CT molecular complexity index is 1070. The lowest BCUT2D eigenvalue weighted by atomic mass is 10.1. The summed E-state index contributed by atoms with van der Waals surface area (Å²) in [6.45, 7) is 0.610. The highest BCUT2D eigenvalue weighted by molar-refractivity contribution is 7.93.